The molecule has 112 valence electrons. The van der Waals surface area contributed by atoms with Crippen LogP contribution in [0.1, 0.15) is 50.0 Å². The summed E-state index contributed by atoms with van der Waals surface area (Å²) in [6.07, 6.45) is 6.40. The first-order chi connectivity index (χ1) is 10.2. The number of fused-ring (bicyclic) bond motifs is 1. The van der Waals surface area contributed by atoms with Crippen molar-refractivity contribution in [1.29, 1.82) is 0 Å². The molecule has 0 radical (unpaired) electrons. The maximum atomic E-state index is 6.96. The van der Waals surface area contributed by atoms with Crippen LogP contribution in [0.25, 0.3) is 10.8 Å². The van der Waals surface area contributed by atoms with Gasteiger partial charge in [-0.25, -0.2) is 0 Å². The fourth-order valence-corrected chi connectivity index (χ4v) is 4.09. The molecule has 1 fully saturated rings. The largest absolute Gasteiger partial charge is 0.496 e. The van der Waals surface area contributed by atoms with Crippen LogP contribution in [0.2, 0.25) is 0 Å². The fraction of sp³-hybridized carbons (Fsp3) is 0.474. The van der Waals surface area contributed by atoms with Crippen molar-refractivity contribution in [2.24, 2.45) is 5.41 Å². The summed E-state index contributed by atoms with van der Waals surface area (Å²) >= 11 is 6.96. The molecule has 0 heterocycles. The molecule has 0 aliphatic heterocycles. The summed E-state index contributed by atoms with van der Waals surface area (Å²) in [4.78, 5) is 0. The van der Waals surface area contributed by atoms with E-state index in [0.29, 0.717) is 0 Å². The summed E-state index contributed by atoms with van der Waals surface area (Å²) in [5.41, 5.74) is 1.45. The Hall–Kier alpha value is -1.21. The minimum atomic E-state index is 0.0635. The van der Waals surface area contributed by atoms with Gasteiger partial charge in [0.2, 0.25) is 0 Å². The van der Waals surface area contributed by atoms with Crippen molar-refractivity contribution in [3.8, 4) is 5.75 Å². The molecule has 1 aliphatic carbocycles. The van der Waals surface area contributed by atoms with E-state index in [1.54, 1.807) is 7.11 Å². The molecule has 1 nitrogen and oxygen atoms in total. The Kier molecular flexibility index (Phi) is 4.12. The Morgan fingerprint density at radius 1 is 1.00 bits per heavy atom. The Labute approximate surface area is 132 Å². The first-order valence-corrected chi connectivity index (χ1v) is 8.29. The fourth-order valence-electron chi connectivity index (χ4n) is 3.68. The molecule has 2 aromatic carbocycles. The van der Waals surface area contributed by atoms with Crippen LogP contribution < -0.4 is 4.74 Å². The molecule has 3 rings (SSSR count). The smallest absolute Gasteiger partial charge is 0.126 e. The van der Waals surface area contributed by atoms with E-state index in [1.165, 1.54) is 43.1 Å². The minimum absolute atomic E-state index is 0.0635. The zero-order chi connectivity index (χ0) is 14.9. The highest BCUT2D eigenvalue weighted by atomic mass is 35.5. The highest BCUT2D eigenvalue weighted by molar-refractivity contribution is 6.22. The van der Waals surface area contributed by atoms with Crippen molar-refractivity contribution >= 4 is 22.4 Å². The Bertz CT molecular complexity index is 628. The van der Waals surface area contributed by atoms with Gasteiger partial charge in [0.15, 0.2) is 0 Å². The zero-order valence-electron chi connectivity index (χ0n) is 12.9. The molecule has 0 spiro atoms. The van der Waals surface area contributed by atoms with E-state index in [0.717, 1.165) is 11.1 Å². The van der Waals surface area contributed by atoms with Crippen molar-refractivity contribution in [1.82, 2.24) is 0 Å². The van der Waals surface area contributed by atoms with Crippen LogP contribution >= 0.6 is 11.6 Å². The second kappa shape index (κ2) is 5.88. The monoisotopic (exact) mass is 302 g/mol. The lowest BCUT2D eigenvalue weighted by atomic mass is 9.71. The Morgan fingerprint density at radius 3 is 2.33 bits per heavy atom. The van der Waals surface area contributed by atoms with E-state index in [1.807, 2.05) is 0 Å². The van der Waals surface area contributed by atoms with E-state index in [4.69, 9.17) is 16.3 Å². The molecule has 1 unspecified atom stereocenters. The van der Waals surface area contributed by atoms with Crippen molar-refractivity contribution in [3.63, 3.8) is 0 Å². The SMILES string of the molecule is COc1ccc(C(Cl)C2(C)CCCCC2)c2ccccc12. The van der Waals surface area contributed by atoms with E-state index in [9.17, 15) is 0 Å². The average Bonchev–Trinajstić information content (AvgIpc) is 2.54. The third-order valence-electron chi connectivity index (χ3n) is 5.02. The van der Waals surface area contributed by atoms with Gasteiger partial charge in [0, 0.05) is 5.39 Å². The topological polar surface area (TPSA) is 9.23 Å². The molecule has 21 heavy (non-hydrogen) atoms. The third-order valence-corrected chi connectivity index (χ3v) is 5.78. The lowest BCUT2D eigenvalue weighted by molar-refractivity contribution is 0.207. The molecule has 0 amide bonds. The summed E-state index contributed by atoms with van der Waals surface area (Å²) in [7, 11) is 1.72. The normalized spacial score (nSPS) is 19.4. The second-order valence-corrected chi connectivity index (χ2v) is 6.92. The first-order valence-electron chi connectivity index (χ1n) is 7.85. The molecule has 2 heteroatoms. The van der Waals surface area contributed by atoms with Gasteiger partial charge in [-0.05, 0) is 35.3 Å². The quantitative estimate of drug-likeness (QED) is 0.623. The van der Waals surface area contributed by atoms with Crippen LogP contribution in [0.15, 0.2) is 36.4 Å². The average molecular weight is 303 g/mol. The predicted octanol–water partition coefficient (Wildman–Crippen LogP) is 6.10. The van der Waals surface area contributed by atoms with Gasteiger partial charge in [-0.15, -0.1) is 11.6 Å². The summed E-state index contributed by atoms with van der Waals surface area (Å²) in [5.74, 6) is 0.923. The van der Waals surface area contributed by atoms with Gasteiger partial charge in [0.05, 0.1) is 12.5 Å². The zero-order valence-corrected chi connectivity index (χ0v) is 13.6. The lowest BCUT2D eigenvalue weighted by Gasteiger charge is -2.38. The number of benzene rings is 2. The van der Waals surface area contributed by atoms with Crippen LogP contribution in [0.5, 0.6) is 5.75 Å². The predicted molar refractivity (Wildman–Crippen MR) is 90.3 cm³/mol. The molecule has 0 bridgehead atoms. The number of halogens is 1. The van der Waals surface area contributed by atoms with Crippen LogP contribution in [-0.4, -0.2) is 7.11 Å². The van der Waals surface area contributed by atoms with Crippen molar-refractivity contribution in [2.45, 2.75) is 44.4 Å². The molecule has 0 N–H and O–H groups in total. The van der Waals surface area contributed by atoms with E-state index < -0.39 is 0 Å². The van der Waals surface area contributed by atoms with E-state index in [2.05, 4.69) is 43.3 Å². The van der Waals surface area contributed by atoms with E-state index >= 15 is 0 Å². The summed E-state index contributed by atoms with van der Waals surface area (Å²) < 4.78 is 5.49. The van der Waals surface area contributed by atoms with Crippen molar-refractivity contribution < 1.29 is 4.74 Å². The maximum absolute atomic E-state index is 6.96. The van der Waals surface area contributed by atoms with Gasteiger partial charge in [0.1, 0.15) is 5.75 Å². The van der Waals surface area contributed by atoms with Gasteiger partial charge < -0.3 is 4.74 Å². The number of ether oxygens (including phenoxy) is 1. The van der Waals surface area contributed by atoms with Crippen LogP contribution in [0.3, 0.4) is 0 Å². The van der Waals surface area contributed by atoms with Crippen LogP contribution in [0.4, 0.5) is 0 Å². The lowest BCUT2D eigenvalue weighted by Crippen LogP contribution is -2.25. The minimum Gasteiger partial charge on any atom is -0.496 e. The molecule has 1 aliphatic rings. The summed E-state index contributed by atoms with van der Waals surface area (Å²) in [5, 5.41) is 2.44. The summed E-state index contributed by atoms with van der Waals surface area (Å²) in [6, 6.07) is 12.6. The number of methoxy groups -OCH3 is 1. The number of hydrogen-bond acceptors (Lipinski definition) is 1. The van der Waals surface area contributed by atoms with Crippen LogP contribution in [0, 0.1) is 5.41 Å². The third kappa shape index (κ3) is 2.64. The van der Waals surface area contributed by atoms with Gasteiger partial charge in [-0.1, -0.05) is 56.5 Å². The molecular weight excluding hydrogens is 280 g/mol. The van der Waals surface area contributed by atoms with Gasteiger partial charge in [0.25, 0.3) is 0 Å². The Balaban J connectivity index is 2.08. The number of rotatable bonds is 3. The second-order valence-electron chi connectivity index (χ2n) is 6.48. The molecule has 0 saturated heterocycles. The van der Waals surface area contributed by atoms with Crippen molar-refractivity contribution in [2.75, 3.05) is 7.11 Å². The standard InChI is InChI=1S/C19H23ClO/c1-19(12-6-3-7-13-19)18(20)16-10-11-17(21-2)15-9-5-4-8-14(15)16/h4-5,8-11,18H,3,6-7,12-13H2,1-2H3. The van der Waals surface area contributed by atoms with E-state index in [-0.39, 0.29) is 10.8 Å². The van der Waals surface area contributed by atoms with Gasteiger partial charge >= 0.3 is 0 Å². The first kappa shape index (κ1) is 14.7. The van der Waals surface area contributed by atoms with Gasteiger partial charge in [-0.3, -0.25) is 0 Å². The molecular formula is C19H23ClO. The highest BCUT2D eigenvalue weighted by Gasteiger charge is 2.36. The molecule has 2 aromatic rings. The maximum Gasteiger partial charge on any atom is 0.126 e. The van der Waals surface area contributed by atoms with Gasteiger partial charge in [-0.2, -0.15) is 0 Å². The molecule has 1 atom stereocenters. The molecule has 0 aromatic heterocycles. The number of alkyl halides is 1. The molecule has 1 saturated carbocycles. The summed E-state index contributed by atoms with van der Waals surface area (Å²) in [6.45, 7) is 2.35. The number of hydrogen-bond donors (Lipinski definition) is 0. The highest BCUT2D eigenvalue weighted by Crippen LogP contribution is 2.50. The Morgan fingerprint density at radius 2 is 1.67 bits per heavy atom. The van der Waals surface area contributed by atoms with Crippen molar-refractivity contribution in [3.05, 3.63) is 42.0 Å². The van der Waals surface area contributed by atoms with Crippen LogP contribution in [-0.2, 0) is 0 Å².